The van der Waals surface area contributed by atoms with Gasteiger partial charge < -0.3 is 10.1 Å². The largest absolute Gasteiger partial charge is 0.462 e. The molecular formula is C18H28N2O3S. The van der Waals surface area contributed by atoms with Crippen LogP contribution in [0.5, 0.6) is 0 Å². The first-order valence-corrected chi connectivity index (χ1v) is 9.76. The molecule has 134 valence electrons. The number of amides is 1. The van der Waals surface area contributed by atoms with Crippen molar-refractivity contribution in [3.05, 3.63) is 16.0 Å². The first-order chi connectivity index (χ1) is 11.6. The monoisotopic (exact) mass is 352 g/mol. The summed E-state index contributed by atoms with van der Waals surface area (Å²) < 4.78 is 5.20. The van der Waals surface area contributed by atoms with Gasteiger partial charge in [-0.3, -0.25) is 9.69 Å². The molecule has 1 amide bonds. The van der Waals surface area contributed by atoms with Crippen LogP contribution in [0.3, 0.4) is 0 Å². The van der Waals surface area contributed by atoms with Gasteiger partial charge in [0.05, 0.1) is 18.7 Å². The molecule has 1 aromatic heterocycles. The molecule has 0 aromatic carbocycles. The van der Waals surface area contributed by atoms with Gasteiger partial charge in [-0.05, 0) is 57.7 Å². The average molecular weight is 353 g/mol. The molecule has 0 unspecified atom stereocenters. The number of esters is 1. The maximum atomic E-state index is 12.4. The van der Waals surface area contributed by atoms with E-state index in [4.69, 9.17) is 4.74 Å². The van der Waals surface area contributed by atoms with Crippen LogP contribution in [-0.4, -0.2) is 43.0 Å². The third-order valence-corrected chi connectivity index (χ3v) is 5.31. The SMILES string of the molecule is CCCN(CCC)CC(=O)Nc1sc2c(c1C(=O)OCC)CCC2. The maximum Gasteiger partial charge on any atom is 0.341 e. The number of ether oxygens (including phenoxy) is 1. The van der Waals surface area contributed by atoms with E-state index in [1.54, 1.807) is 6.92 Å². The third kappa shape index (κ3) is 4.57. The van der Waals surface area contributed by atoms with Gasteiger partial charge >= 0.3 is 5.97 Å². The highest BCUT2D eigenvalue weighted by Crippen LogP contribution is 2.39. The van der Waals surface area contributed by atoms with E-state index in [1.165, 1.54) is 16.2 Å². The predicted molar refractivity (Wildman–Crippen MR) is 98.0 cm³/mol. The molecule has 0 aliphatic heterocycles. The molecule has 0 radical (unpaired) electrons. The number of nitrogens with one attached hydrogen (secondary N) is 1. The molecule has 2 rings (SSSR count). The molecule has 0 bridgehead atoms. The van der Waals surface area contributed by atoms with E-state index < -0.39 is 0 Å². The summed E-state index contributed by atoms with van der Waals surface area (Å²) in [6.45, 7) is 8.56. The van der Waals surface area contributed by atoms with Crippen molar-refractivity contribution in [2.45, 2.75) is 52.9 Å². The van der Waals surface area contributed by atoms with Crippen molar-refractivity contribution < 1.29 is 14.3 Å². The summed E-state index contributed by atoms with van der Waals surface area (Å²) in [6, 6.07) is 0. The van der Waals surface area contributed by atoms with E-state index in [2.05, 4.69) is 24.1 Å². The first kappa shape index (κ1) is 18.9. The van der Waals surface area contributed by atoms with Crippen LogP contribution < -0.4 is 5.32 Å². The highest BCUT2D eigenvalue weighted by molar-refractivity contribution is 7.17. The Morgan fingerprint density at radius 3 is 2.50 bits per heavy atom. The molecule has 1 N–H and O–H groups in total. The van der Waals surface area contributed by atoms with Gasteiger partial charge in [-0.2, -0.15) is 0 Å². The summed E-state index contributed by atoms with van der Waals surface area (Å²) in [4.78, 5) is 28.1. The Labute approximate surface area is 148 Å². The van der Waals surface area contributed by atoms with Crippen LogP contribution in [0.4, 0.5) is 5.00 Å². The second-order valence-corrected chi connectivity index (χ2v) is 7.21. The second kappa shape index (κ2) is 9.18. The first-order valence-electron chi connectivity index (χ1n) is 8.94. The van der Waals surface area contributed by atoms with Gasteiger partial charge in [-0.1, -0.05) is 13.8 Å². The Kier molecular flexibility index (Phi) is 7.24. The molecular weight excluding hydrogens is 324 g/mol. The van der Waals surface area contributed by atoms with E-state index in [1.807, 2.05) is 0 Å². The average Bonchev–Trinajstić information content (AvgIpc) is 3.08. The number of aryl methyl sites for hydroxylation is 1. The van der Waals surface area contributed by atoms with Gasteiger partial charge in [0.25, 0.3) is 0 Å². The lowest BCUT2D eigenvalue weighted by molar-refractivity contribution is -0.117. The number of hydrogen-bond acceptors (Lipinski definition) is 5. The number of carbonyl (C=O) groups is 2. The van der Waals surface area contributed by atoms with Gasteiger partial charge in [-0.15, -0.1) is 11.3 Å². The van der Waals surface area contributed by atoms with Crippen molar-refractivity contribution >= 4 is 28.2 Å². The van der Waals surface area contributed by atoms with Gasteiger partial charge in [0, 0.05) is 4.88 Å². The quantitative estimate of drug-likeness (QED) is 0.691. The summed E-state index contributed by atoms with van der Waals surface area (Å²) in [6.07, 6.45) is 5.00. The molecule has 1 aliphatic carbocycles. The van der Waals surface area contributed by atoms with Gasteiger partial charge in [0.15, 0.2) is 0 Å². The third-order valence-electron chi connectivity index (χ3n) is 4.10. The zero-order valence-corrected chi connectivity index (χ0v) is 15.8. The minimum absolute atomic E-state index is 0.0534. The van der Waals surface area contributed by atoms with Crippen molar-refractivity contribution in [1.82, 2.24) is 4.90 Å². The smallest absolute Gasteiger partial charge is 0.341 e. The molecule has 0 spiro atoms. The Morgan fingerprint density at radius 2 is 1.88 bits per heavy atom. The van der Waals surface area contributed by atoms with E-state index in [-0.39, 0.29) is 11.9 Å². The Morgan fingerprint density at radius 1 is 1.17 bits per heavy atom. The van der Waals surface area contributed by atoms with Crippen molar-refractivity contribution in [2.24, 2.45) is 0 Å². The molecule has 0 saturated carbocycles. The number of hydrogen-bond donors (Lipinski definition) is 1. The van der Waals surface area contributed by atoms with Crippen molar-refractivity contribution in [3.8, 4) is 0 Å². The fraction of sp³-hybridized carbons (Fsp3) is 0.667. The predicted octanol–water partition coefficient (Wildman–Crippen LogP) is 3.47. The highest BCUT2D eigenvalue weighted by atomic mass is 32.1. The summed E-state index contributed by atoms with van der Waals surface area (Å²) in [7, 11) is 0. The second-order valence-electron chi connectivity index (χ2n) is 6.11. The molecule has 0 saturated heterocycles. The van der Waals surface area contributed by atoms with Gasteiger partial charge in [0.1, 0.15) is 5.00 Å². The number of fused-ring (bicyclic) bond motifs is 1. The molecule has 1 aliphatic rings. The van der Waals surface area contributed by atoms with Crippen LogP contribution in [0, 0.1) is 0 Å². The normalized spacial score (nSPS) is 13.2. The summed E-state index contributed by atoms with van der Waals surface area (Å²) in [5, 5.41) is 3.63. The molecule has 6 heteroatoms. The summed E-state index contributed by atoms with van der Waals surface area (Å²) in [5.41, 5.74) is 1.66. The van der Waals surface area contributed by atoms with Crippen LogP contribution >= 0.6 is 11.3 Å². The van der Waals surface area contributed by atoms with E-state index in [0.717, 1.165) is 50.8 Å². The minimum Gasteiger partial charge on any atom is -0.462 e. The zero-order chi connectivity index (χ0) is 17.5. The molecule has 1 heterocycles. The van der Waals surface area contributed by atoms with Crippen molar-refractivity contribution in [3.63, 3.8) is 0 Å². The maximum absolute atomic E-state index is 12.4. The number of nitrogens with zero attached hydrogens (tertiary/aromatic N) is 1. The molecule has 0 atom stereocenters. The Hall–Kier alpha value is -1.40. The Bertz CT molecular complexity index is 577. The van der Waals surface area contributed by atoms with Gasteiger partial charge in [-0.25, -0.2) is 4.79 Å². The summed E-state index contributed by atoms with van der Waals surface area (Å²) >= 11 is 1.53. The highest BCUT2D eigenvalue weighted by Gasteiger charge is 2.28. The molecule has 1 aromatic rings. The van der Waals surface area contributed by atoms with Crippen LogP contribution in [0.25, 0.3) is 0 Å². The number of anilines is 1. The van der Waals surface area contributed by atoms with Crippen molar-refractivity contribution in [1.29, 1.82) is 0 Å². The van der Waals surface area contributed by atoms with E-state index >= 15 is 0 Å². The molecule has 24 heavy (non-hydrogen) atoms. The lowest BCUT2D eigenvalue weighted by atomic mass is 10.1. The van der Waals surface area contributed by atoms with Crippen molar-refractivity contribution in [2.75, 3.05) is 31.6 Å². The van der Waals surface area contributed by atoms with Crippen LogP contribution in [0.15, 0.2) is 0 Å². The van der Waals surface area contributed by atoms with Gasteiger partial charge in [0.2, 0.25) is 5.91 Å². The topological polar surface area (TPSA) is 58.6 Å². The number of thiophene rings is 1. The van der Waals surface area contributed by atoms with Crippen LogP contribution in [0.1, 0.15) is 60.8 Å². The van der Waals surface area contributed by atoms with Crippen LogP contribution in [0.2, 0.25) is 0 Å². The fourth-order valence-corrected chi connectivity index (χ4v) is 4.48. The molecule has 5 nitrogen and oxygen atoms in total. The molecule has 0 fully saturated rings. The fourth-order valence-electron chi connectivity index (χ4n) is 3.18. The lowest BCUT2D eigenvalue weighted by Crippen LogP contribution is -2.34. The number of carbonyl (C=O) groups excluding carboxylic acids is 2. The standard InChI is InChI=1S/C18H28N2O3S/c1-4-10-20(11-5-2)12-15(21)19-17-16(18(22)23-6-3)13-8-7-9-14(13)24-17/h4-12H2,1-3H3,(H,19,21). The zero-order valence-electron chi connectivity index (χ0n) is 14.9. The van der Waals surface area contributed by atoms with E-state index in [0.29, 0.717) is 23.7 Å². The van der Waals surface area contributed by atoms with E-state index in [9.17, 15) is 9.59 Å². The van der Waals surface area contributed by atoms with Crippen LogP contribution in [-0.2, 0) is 22.4 Å². The number of rotatable bonds is 9. The Balaban J connectivity index is 2.11. The minimum atomic E-state index is -0.314. The lowest BCUT2D eigenvalue weighted by Gasteiger charge is -2.20. The summed E-state index contributed by atoms with van der Waals surface area (Å²) in [5.74, 6) is -0.367.